The number of anilines is 2. The van der Waals surface area contributed by atoms with Crippen LogP contribution in [-0.4, -0.2) is 29.6 Å². The van der Waals surface area contributed by atoms with Crippen molar-refractivity contribution in [2.24, 2.45) is 0 Å². The van der Waals surface area contributed by atoms with Crippen molar-refractivity contribution in [3.05, 3.63) is 76.1 Å². The average Bonchev–Trinajstić information content (AvgIpc) is 2.83. The van der Waals surface area contributed by atoms with Gasteiger partial charge in [0, 0.05) is 23.5 Å². The van der Waals surface area contributed by atoms with Crippen molar-refractivity contribution in [2.75, 3.05) is 17.2 Å². The van der Waals surface area contributed by atoms with E-state index in [-0.39, 0.29) is 36.2 Å². The lowest BCUT2D eigenvalue weighted by molar-refractivity contribution is -0.388. The monoisotopic (exact) mass is 505 g/mol. The predicted octanol–water partition coefficient (Wildman–Crippen LogP) is 6.28. The molecule has 7 nitrogen and oxygen atoms in total. The largest absolute Gasteiger partial charge is 0.423 e. The van der Waals surface area contributed by atoms with Gasteiger partial charge in [0.1, 0.15) is 18.0 Å². The molecule has 0 aliphatic heterocycles. The van der Waals surface area contributed by atoms with E-state index in [0.717, 1.165) is 22.9 Å². The number of carbonyl (C=O) groups is 1. The first-order chi connectivity index (χ1) is 17.1. The standard InChI is InChI=1S/C25H23F4N3O4/c26-17-3-1-16-12-19(4-2-15(16)11-17)31-24(33)14-36-21-8-5-18(6-9-21)30-20-7-10-23(32(34)35)22(13-20)25(27,28)29/h1-4,7,10-13,18,21,30H,5-6,8-9,14H2,(H,31,33). The number of halogens is 4. The molecule has 190 valence electrons. The van der Waals surface area contributed by atoms with E-state index in [1.807, 2.05) is 0 Å². The molecular formula is C25H23F4N3O4. The van der Waals surface area contributed by atoms with E-state index in [4.69, 9.17) is 4.74 Å². The number of nitrogens with zero attached hydrogens (tertiary/aromatic N) is 1. The molecular weight excluding hydrogens is 482 g/mol. The number of amides is 1. The van der Waals surface area contributed by atoms with Gasteiger partial charge in [-0.25, -0.2) is 4.39 Å². The number of hydrogen-bond acceptors (Lipinski definition) is 5. The second-order valence-corrected chi connectivity index (χ2v) is 8.67. The molecule has 4 rings (SSSR count). The fraction of sp³-hybridized carbons (Fsp3) is 0.320. The molecule has 1 aliphatic rings. The Morgan fingerprint density at radius 1 is 0.972 bits per heavy atom. The van der Waals surface area contributed by atoms with Gasteiger partial charge >= 0.3 is 6.18 Å². The SMILES string of the molecule is O=C(COC1CCC(Nc2ccc([N+](=O)[O-])c(C(F)(F)F)c2)CC1)Nc1ccc2cc(F)ccc2c1. The van der Waals surface area contributed by atoms with Crippen LogP contribution in [0.25, 0.3) is 10.8 Å². The molecule has 3 aromatic carbocycles. The van der Waals surface area contributed by atoms with Gasteiger partial charge in [-0.05, 0) is 72.9 Å². The highest BCUT2D eigenvalue weighted by molar-refractivity contribution is 5.95. The van der Waals surface area contributed by atoms with Gasteiger partial charge < -0.3 is 15.4 Å². The van der Waals surface area contributed by atoms with Gasteiger partial charge in [0.15, 0.2) is 0 Å². The second kappa shape index (κ2) is 10.5. The first kappa shape index (κ1) is 25.4. The molecule has 1 amide bonds. The lowest BCUT2D eigenvalue weighted by Crippen LogP contribution is -2.31. The summed E-state index contributed by atoms with van der Waals surface area (Å²) >= 11 is 0. The number of nitro groups is 1. The van der Waals surface area contributed by atoms with Crippen molar-refractivity contribution in [2.45, 2.75) is 44.0 Å². The summed E-state index contributed by atoms with van der Waals surface area (Å²) in [6.45, 7) is -0.151. The summed E-state index contributed by atoms with van der Waals surface area (Å²) in [6.07, 6.45) is -2.60. The zero-order valence-corrected chi connectivity index (χ0v) is 19.0. The van der Waals surface area contributed by atoms with Crippen LogP contribution < -0.4 is 10.6 Å². The highest BCUT2D eigenvalue weighted by Gasteiger charge is 2.38. The smallest absolute Gasteiger partial charge is 0.382 e. The molecule has 0 aromatic heterocycles. The van der Waals surface area contributed by atoms with Crippen LogP contribution in [0.15, 0.2) is 54.6 Å². The number of benzene rings is 3. The van der Waals surface area contributed by atoms with E-state index in [9.17, 15) is 32.5 Å². The van der Waals surface area contributed by atoms with Gasteiger partial charge in [0.05, 0.1) is 11.0 Å². The Labute approximate surface area is 203 Å². The molecule has 3 aromatic rings. The Morgan fingerprint density at radius 2 is 1.64 bits per heavy atom. The highest BCUT2D eigenvalue weighted by atomic mass is 19.4. The zero-order chi connectivity index (χ0) is 25.9. The van der Waals surface area contributed by atoms with E-state index < -0.39 is 22.4 Å². The maximum Gasteiger partial charge on any atom is 0.423 e. The van der Waals surface area contributed by atoms with Gasteiger partial charge in [0.25, 0.3) is 5.69 Å². The third kappa shape index (κ3) is 6.28. The normalized spacial score (nSPS) is 18.1. The molecule has 1 saturated carbocycles. The van der Waals surface area contributed by atoms with E-state index in [1.54, 1.807) is 24.3 Å². The van der Waals surface area contributed by atoms with Crippen molar-refractivity contribution in [3.8, 4) is 0 Å². The topological polar surface area (TPSA) is 93.5 Å². The minimum Gasteiger partial charge on any atom is -0.382 e. The Bertz CT molecular complexity index is 1270. The van der Waals surface area contributed by atoms with Crippen molar-refractivity contribution in [1.82, 2.24) is 0 Å². The van der Waals surface area contributed by atoms with E-state index in [0.29, 0.717) is 31.4 Å². The number of nitro benzene ring substituents is 1. The van der Waals surface area contributed by atoms with Crippen LogP contribution >= 0.6 is 0 Å². The van der Waals surface area contributed by atoms with Crippen LogP contribution in [0.3, 0.4) is 0 Å². The lowest BCUT2D eigenvalue weighted by atomic mass is 9.92. The Kier molecular flexibility index (Phi) is 7.39. The molecule has 0 saturated heterocycles. The molecule has 0 spiro atoms. The van der Waals surface area contributed by atoms with Gasteiger partial charge in [-0.1, -0.05) is 12.1 Å². The number of hydrogen-bond donors (Lipinski definition) is 2. The third-order valence-corrected chi connectivity index (χ3v) is 6.08. The van der Waals surface area contributed by atoms with Crippen LogP contribution in [0.2, 0.25) is 0 Å². The fourth-order valence-corrected chi connectivity index (χ4v) is 4.31. The van der Waals surface area contributed by atoms with Crippen LogP contribution in [0.5, 0.6) is 0 Å². The number of carbonyl (C=O) groups excluding carboxylic acids is 1. The first-order valence-electron chi connectivity index (χ1n) is 11.3. The Hall–Kier alpha value is -3.73. The number of rotatable bonds is 7. The molecule has 0 heterocycles. The number of ether oxygens (including phenoxy) is 1. The zero-order valence-electron chi connectivity index (χ0n) is 19.0. The summed E-state index contributed by atoms with van der Waals surface area (Å²) in [4.78, 5) is 22.2. The predicted molar refractivity (Wildman–Crippen MR) is 126 cm³/mol. The molecule has 0 radical (unpaired) electrons. The highest BCUT2D eigenvalue weighted by Crippen LogP contribution is 2.38. The third-order valence-electron chi connectivity index (χ3n) is 6.08. The first-order valence-corrected chi connectivity index (χ1v) is 11.3. The summed E-state index contributed by atoms with van der Waals surface area (Å²) in [5.74, 6) is -0.668. The van der Waals surface area contributed by atoms with Crippen molar-refractivity contribution >= 4 is 33.7 Å². The molecule has 0 unspecified atom stereocenters. The van der Waals surface area contributed by atoms with Gasteiger partial charge in [-0.2, -0.15) is 13.2 Å². The quantitative estimate of drug-likeness (QED) is 0.224. The number of nitrogens with one attached hydrogen (secondary N) is 2. The van der Waals surface area contributed by atoms with Gasteiger partial charge in [-0.3, -0.25) is 14.9 Å². The summed E-state index contributed by atoms with van der Waals surface area (Å²) in [7, 11) is 0. The average molecular weight is 505 g/mol. The van der Waals surface area contributed by atoms with Crippen LogP contribution in [0.1, 0.15) is 31.2 Å². The molecule has 1 fully saturated rings. The molecule has 1 aliphatic carbocycles. The van der Waals surface area contributed by atoms with E-state index in [2.05, 4.69) is 10.6 Å². The molecule has 0 atom stereocenters. The van der Waals surface area contributed by atoms with Gasteiger partial charge in [-0.15, -0.1) is 0 Å². The second-order valence-electron chi connectivity index (χ2n) is 8.67. The number of alkyl halides is 3. The van der Waals surface area contributed by atoms with E-state index >= 15 is 0 Å². The lowest BCUT2D eigenvalue weighted by Gasteiger charge is -2.29. The maximum absolute atomic E-state index is 13.3. The van der Waals surface area contributed by atoms with Gasteiger partial charge in [0.2, 0.25) is 5.91 Å². The van der Waals surface area contributed by atoms with Crippen molar-refractivity contribution in [1.29, 1.82) is 0 Å². The summed E-state index contributed by atoms with van der Waals surface area (Å²) in [5.41, 5.74) is -1.55. The van der Waals surface area contributed by atoms with Crippen LogP contribution in [0.4, 0.5) is 34.6 Å². The Morgan fingerprint density at radius 3 is 2.33 bits per heavy atom. The van der Waals surface area contributed by atoms with Crippen molar-refractivity contribution < 1.29 is 32.0 Å². The summed E-state index contributed by atoms with van der Waals surface area (Å²) in [5, 5.41) is 18.2. The minimum atomic E-state index is -4.84. The number of fused-ring (bicyclic) bond motifs is 1. The van der Waals surface area contributed by atoms with Crippen molar-refractivity contribution in [3.63, 3.8) is 0 Å². The van der Waals surface area contributed by atoms with Crippen LogP contribution in [0, 0.1) is 15.9 Å². The summed E-state index contributed by atoms with van der Waals surface area (Å²) in [6, 6.07) is 12.3. The molecule has 0 bridgehead atoms. The fourth-order valence-electron chi connectivity index (χ4n) is 4.31. The van der Waals surface area contributed by atoms with E-state index in [1.165, 1.54) is 18.2 Å². The summed E-state index contributed by atoms with van der Waals surface area (Å²) < 4.78 is 58.6. The Balaban J connectivity index is 1.25. The molecule has 2 N–H and O–H groups in total. The maximum atomic E-state index is 13.3. The molecule has 11 heteroatoms. The molecule has 36 heavy (non-hydrogen) atoms. The minimum absolute atomic E-state index is 0.122. The van der Waals surface area contributed by atoms with Crippen LogP contribution in [-0.2, 0) is 15.7 Å².